The van der Waals surface area contributed by atoms with Gasteiger partial charge in [-0.05, 0) is 29.7 Å². The van der Waals surface area contributed by atoms with Crippen LogP contribution in [0.25, 0.3) is 10.1 Å². The first-order valence-corrected chi connectivity index (χ1v) is 5.67. The van der Waals surface area contributed by atoms with E-state index in [-0.39, 0.29) is 5.69 Å². The zero-order valence-corrected chi connectivity index (χ0v) is 9.98. The predicted molar refractivity (Wildman–Crippen MR) is 62.8 cm³/mol. The monoisotopic (exact) mass is 275 g/mol. The number of ether oxygens (including phenoxy) is 1. The summed E-state index contributed by atoms with van der Waals surface area (Å²) in [6.07, 6.45) is -4.48. The molecular formula is C11H8F3NO2S. The van der Waals surface area contributed by atoms with E-state index in [1.807, 2.05) is 0 Å². The number of hydrogen-bond acceptors (Lipinski definition) is 4. The number of anilines is 1. The van der Waals surface area contributed by atoms with Crippen LogP contribution in [0, 0.1) is 0 Å². The molecule has 1 aromatic carbocycles. The fourth-order valence-electron chi connectivity index (χ4n) is 1.49. The number of halogens is 3. The first-order chi connectivity index (χ1) is 8.39. The number of benzene rings is 1. The minimum atomic E-state index is -4.48. The van der Waals surface area contributed by atoms with Crippen LogP contribution in [0.4, 0.5) is 18.9 Å². The highest BCUT2D eigenvalue weighted by atomic mass is 32.1. The Kier molecular flexibility index (Phi) is 3.16. The Morgan fingerprint density at radius 1 is 1.33 bits per heavy atom. The first kappa shape index (κ1) is 12.7. The Morgan fingerprint density at radius 2 is 2.06 bits per heavy atom. The van der Waals surface area contributed by atoms with Crippen molar-refractivity contribution in [3.05, 3.63) is 29.1 Å². The molecule has 1 aromatic heterocycles. The molecule has 96 valence electrons. The van der Waals surface area contributed by atoms with Crippen LogP contribution in [0.1, 0.15) is 9.67 Å². The van der Waals surface area contributed by atoms with Gasteiger partial charge in [0.1, 0.15) is 4.88 Å². The third-order valence-electron chi connectivity index (χ3n) is 2.19. The van der Waals surface area contributed by atoms with Crippen molar-refractivity contribution in [1.29, 1.82) is 0 Å². The summed E-state index contributed by atoms with van der Waals surface area (Å²) in [7, 11) is 1.25. The lowest BCUT2D eigenvalue weighted by molar-refractivity contribution is -0.0999. The van der Waals surface area contributed by atoms with E-state index < -0.39 is 12.3 Å². The van der Waals surface area contributed by atoms with Crippen LogP contribution in [0.15, 0.2) is 24.3 Å². The van der Waals surface area contributed by atoms with Crippen LogP contribution in [0.5, 0.6) is 0 Å². The molecule has 0 aliphatic carbocycles. The molecular weight excluding hydrogens is 267 g/mol. The normalized spacial score (nSPS) is 11.6. The lowest BCUT2D eigenvalue weighted by atomic mass is 10.2. The lowest BCUT2D eigenvalue weighted by Crippen LogP contribution is -2.20. The van der Waals surface area contributed by atoms with Gasteiger partial charge in [-0.25, -0.2) is 4.79 Å². The maximum Gasteiger partial charge on any atom is 0.482 e. The summed E-state index contributed by atoms with van der Waals surface area (Å²) in [6.45, 7) is 0. The van der Waals surface area contributed by atoms with Gasteiger partial charge in [-0.3, -0.25) is 5.32 Å². The van der Waals surface area contributed by atoms with E-state index in [2.05, 4.69) is 4.74 Å². The third-order valence-corrected chi connectivity index (χ3v) is 3.29. The summed E-state index contributed by atoms with van der Waals surface area (Å²) >= 11 is 1.17. The molecule has 0 fully saturated rings. The van der Waals surface area contributed by atoms with E-state index in [9.17, 15) is 18.0 Å². The number of carbonyl (C=O) groups excluding carboxylic acids is 1. The Morgan fingerprint density at radius 3 is 2.67 bits per heavy atom. The SMILES string of the molecule is COC(=O)c1cc2cc(NC(F)(F)F)ccc2s1. The van der Waals surface area contributed by atoms with Crippen molar-refractivity contribution >= 4 is 33.1 Å². The molecule has 0 bridgehead atoms. The van der Waals surface area contributed by atoms with Gasteiger partial charge >= 0.3 is 12.3 Å². The Bertz CT molecular complexity index is 591. The number of carbonyl (C=O) groups is 1. The number of methoxy groups -OCH3 is 1. The zero-order valence-electron chi connectivity index (χ0n) is 9.17. The van der Waals surface area contributed by atoms with Crippen LogP contribution in [0.2, 0.25) is 0 Å². The quantitative estimate of drug-likeness (QED) is 0.672. The summed E-state index contributed by atoms with van der Waals surface area (Å²) in [4.78, 5) is 11.6. The smallest absolute Gasteiger partial charge is 0.465 e. The molecule has 2 aromatic rings. The average Bonchev–Trinajstić information content (AvgIpc) is 2.68. The summed E-state index contributed by atoms with van der Waals surface area (Å²) in [6, 6.07) is 5.69. The molecule has 0 unspecified atom stereocenters. The number of thiophene rings is 1. The molecule has 0 saturated heterocycles. The van der Waals surface area contributed by atoms with Gasteiger partial charge in [0.2, 0.25) is 0 Å². The highest BCUT2D eigenvalue weighted by Gasteiger charge is 2.27. The molecule has 0 spiro atoms. The van der Waals surface area contributed by atoms with E-state index in [0.29, 0.717) is 10.3 Å². The van der Waals surface area contributed by atoms with Crippen LogP contribution in [-0.4, -0.2) is 19.4 Å². The maximum atomic E-state index is 12.1. The molecule has 3 nitrogen and oxygen atoms in total. The van der Waals surface area contributed by atoms with Crippen LogP contribution in [0.3, 0.4) is 0 Å². The van der Waals surface area contributed by atoms with E-state index >= 15 is 0 Å². The highest BCUT2D eigenvalue weighted by molar-refractivity contribution is 7.20. The van der Waals surface area contributed by atoms with Gasteiger partial charge in [-0.2, -0.15) is 13.2 Å². The van der Waals surface area contributed by atoms with Crippen LogP contribution < -0.4 is 5.32 Å². The summed E-state index contributed by atoms with van der Waals surface area (Å²) in [5, 5.41) is 1.98. The van der Waals surface area contributed by atoms with E-state index in [4.69, 9.17) is 0 Å². The van der Waals surface area contributed by atoms with Crippen molar-refractivity contribution in [3.8, 4) is 0 Å². The standard InChI is InChI=1S/C11H8F3NO2S/c1-17-10(16)9-5-6-4-7(15-11(12,13)14)2-3-8(6)18-9/h2-5,15H,1H3. The molecule has 7 heteroatoms. The summed E-state index contributed by atoms with van der Waals surface area (Å²) in [5.74, 6) is -0.499. The lowest BCUT2D eigenvalue weighted by Gasteiger charge is -2.09. The Labute approximate surface area is 104 Å². The van der Waals surface area contributed by atoms with Crippen molar-refractivity contribution in [2.24, 2.45) is 0 Å². The van der Waals surface area contributed by atoms with Gasteiger partial charge in [0.15, 0.2) is 0 Å². The molecule has 1 N–H and O–H groups in total. The average molecular weight is 275 g/mol. The maximum absolute atomic E-state index is 12.1. The second-order valence-electron chi connectivity index (χ2n) is 3.48. The Balaban J connectivity index is 2.37. The van der Waals surface area contributed by atoms with Gasteiger partial charge in [0, 0.05) is 10.4 Å². The van der Waals surface area contributed by atoms with Gasteiger partial charge in [-0.15, -0.1) is 11.3 Å². The van der Waals surface area contributed by atoms with Gasteiger partial charge in [-0.1, -0.05) is 0 Å². The number of fused-ring (bicyclic) bond motifs is 1. The molecule has 0 aliphatic heterocycles. The number of rotatable bonds is 2. The topological polar surface area (TPSA) is 38.3 Å². The predicted octanol–water partition coefficient (Wildman–Crippen LogP) is 3.62. The third kappa shape index (κ3) is 2.73. The number of esters is 1. The van der Waals surface area contributed by atoms with E-state index in [1.165, 1.54) is 48.0 Å². The van der Waals surface area contributed by atoms with E-state index in [0.717, 1.165) is 4.70 Å². The van der Waals surface area contributed by atoms with Crippen LogP contribution >= 0.6 is 11.3 Å². The minimum absolute atomic E-state index is 0.0655. The van der Waals surface area contributed by atoms with Crippen molar-refractivity contribution in [2.75, 3.05) is 12.4 Å². The second kappa shape index (κ2) is 4.49. The second-order valence-corrected chi connectivity index (χ2v) is 4.56. The van der Waals surface area contributed by atoms with E-state index in [1.54, 1.807) is 0 Å². The fraction of sp³-hybridized carbons (Fsp3) is 0.182. The molecule has 0 atom stereocenters. The summed E-state index contributed by atoms with van der Waals surface area (Å²) < 4.78 is 41.7. The molecule has 2 rings (SSSR count). The molecule has 0 amide bonds. The van der Waals surface area contributed by atoms with Gasteiger partial charge < -0.3 is 4.74 Å². The zero-order chi connectivity index (χ0) is 13.3. The summed E-state index contributed by atoms with van der Waals surface area (Å²) in [5.41, 5.74) is -0.0655. The molecule has 0 aliphatic rings. The molecule has 1 heterocycles. The molecule has 18 heavy (non-hydrogen) atoms. The first-order valence-electron chi connectivity index (χ1n) is 4.86. The minimum Gasteiger partial charge on any atom is -0.465 e. The van der Waals surface area contributed by atoms with Crippen molar-refractivity contribution in [3.63, 3.8) is 0 Å². The van der Waals surface area contributed by atoms with Crippen molar-refractivity contribution in [2.45, 2.75) is 6.30 Å². The Hall–Kier alpha value is -1.76. The van der Waals surface area contributed by atoms with Crippen molar-refractivity contribution in [1.82, 2.24) is 0 Å². The fourth-order valence-corrected chi connectivity index (χ4v) is 2.45. The highest BCUT2D eigenvalue weighted by Crippen LogP contribution is 2.30. The van der Waals surface area contributed by atoms with Crippen LogP contribution in [-0.2, 0) is 4.74 Å². The molecule has 0 radical (unpaired) electrons. The van der Waals surface area contributed by atoms with Gasteiger partial charge in [0.25, 0.3) is 0 Å². The van der Waals surface area contributed by atoms with Crippen molar-refractivity contribution < 1.29 is 22.7 Å². The number of alkyl halides is 3. The number of hydrogen-bond donors (Lipinski definition) is 1. The largest absolute Gasteiger partial charge is 0.482 e. The van der Waals surface area contributed by atoms with Gasteiger partial charge in [0.05, 0.1) is 7.11 Å². The molecule has 0 saturated carbocycles. The number of nitrogens with one attached hydrogen (secondary N) is 1.